The number of carbonyl (C=O) groups is 1. The van der Waals surface area contributed by atoms with Crippen LogP contribution in [0.15, 0.2) is 0 Å². The lowest BCUT2D eigenvalue weighted by atomic mass is 9.99. The second-order valence-corrected chi connectivity index (χ2v) is 5.94. The minimum Gasteiger partial charge on any atom is -0.341 e. The molecule has 1 amide bonds. The molecule has 2 heterocycles. The maximum absolute atomic E-state index is 12.3. The molecular formula is C14H28ClN3O. The molecule has 0 radical (unpaired) electrons. The Morgan fingerprint density at radius 3 is 2.68 bits per heavy atom. The number of amides is 1. The van der Waals surface area contributed by atoms with Crippen molar-refractivity contribution in [1.82, 2.24) is 9.80 Å². The van der Waals surface area contributed by atoms with Gasteiger partial charge in [0.15, 0.2) is 0 Å². The first kappa shape index (κ1) is 16.7. The fraction of sp³-hybridized carbons (Fsp3) is 0.929. The standard InChI is InChI=1S/C14H27N3O.ClH/c1-12-5-4-8-17(10-12)14(18)11-16-7-3-2-6-13(16)9-15;/h12-13H,2-11,15H2,1H3;1H. The normalized spacial score (nSPS) is 28.8. The number of nitrogens with zero attached hydrogens (tertiary/aromatic N) is 2. The summed E-state index contributed by atoms with van der Waals surface area (Å²) in [5, 5.41) is 0. The van der Waals surface area contributed by atoms with Crippen molar-refractivity contribution < 1.29 is 4.79 Å². The molecule has 2 aliphatic rings. The smallest absolute Gasteiger partial charge is 0.236 e. The number of halogens is 1. The zero-order valence-corrected chi connectivity index (χ0v) is 12.8. The quantitative estimate of drug-likeness (QED) is 0.856. The second kappa shape index (κ2) is 8.08. The third kappa shape index (κ3) is 4.62. The molecule has 2 unspecified atom stereocenters. The molecule has 19 heavy (non-hydrogen) atoms. The zero-order valence-electron chi connectivity index (χ0n) is 12.0. The first-order valence-corrected chi connectivity index (χ1v) is 7.42. The first-order chi connectivity index (χ1) is 8.70. The highest BCUT2D eigenvalue weighted by molar-refractivity contribution is 5.85. The SMILES string of the molecule is CC1CCCN(C(=O)CN2CCCCC2CN)C1.Cl. The van der Waals surface area contributed by atoms with Gasteiger partial charge in [-0.15, -0.1) is 12.4 Å². The molecule has 112 valence electrons. The Labute approximate surface area is 123 Å². The lowest BCUT2D eigenvalue weighted by Gasteiger charge is -2.37. The summed E-state index contributed by atoms with van der Waals surface area (Å²) < 4.78 is 0. The summed E-state index contributed by atoms with van der Waals surface area (Å²) in [6.45, 7) is 6.43. The summed E-state index contributed by atoms with van der Waals surface area (Å²) in [7, 11) is 0. The van der Waals surface area contributed by atoms with Crippen LogP contribution in [0.4, 0.5) is 0 Å². The highest BCUT2D eigenvalue weighted by Crippen LogP contribution is 2.18. The third-order valence-electron chi connectivity index (χ3n) is 4.37. The van der Waals surface area contributed by atoms with E-state index in [2.05, 4.69) is 16.7 Å². The van der Waals surface area contributed by atoms with Gasteiger partial charge in [-0.3, -0.25) is 9.69 Å². The second-order valence-electron chi connectivity index (χ2n) is 5.94. The van der Waals surface area contributed by atoms with E-state index in [1.807, 2.05) is 0 Å². The van der Waals surface area contributed by atoms with Gasteiger partial charge < -0.3 is 10.6 Å². The highest BCUT2D eigenvalue weighted by atomic mass is 35.5. The monoisotopic (exact) mass is 289 g/mol. The topological polar surface area (TPSA) is 49.6 Å². The fourth-order valence-corrected chi connectivity index (χ4v) is 3.22. The van der Waals surface area contributed by atoms with E-state index in [4.69, 9.17) is 5.73 Å². The molecule has 0 saturated carbocycles. The van der Waals surface area contributed by atoms with Crippen molar-refractivity contribution in [2.24, 2.45) is 11.7 Å². The number of likely N-dealkylation sites (tertiary alicyclic amines) is 2. The van der Waals surface area contributed by atoms with Crippen LogP contribution in [0.3, 0.4) is 0 Å². The Morgan fingerprint density at radius 1 is 1.21 bits per heavy atom. The summed E-state index contributed by atoms with van der Waals surface area (Å²) in [6.07, 6.45) is 6.04. The van der Waals surface area contributed by atoms with Crippen LogP contribution in [0.25, 0.3) is 0 Å². The number of rotatable bonds is 3. The Morgan fingerprint density at radius 2 is 2.00 bits per heavy atom. The molecule has 2 aliphatic heterocycles. The molecule has 0 aromatic rings. The Balaban J connectivity index is 0.00000180. The minimum atomic E-state index is 0. The maximum atomic E-state index is 12.3. The predicted molar refractivity (Wildman–Crippen MR) is 80.5 cm³/mol. The molecule has 2 saturated heterocycles. The van der Waals surface area contributed by atoms with Crippen LogP contribution in [0.2, 0.25) is 0 Å². The van der Waals surface area contributed by atoms with Crippen molar-refractivity contribution in [3.05, 3.63) is 0 Å². The largest absolute Gasteiger partial charge is 0.341 e. The van der Waals surface area contributed by atoms with Crippen LogP contribution in [-0.2, 0) is 4.79 Å². The fourth-order valence-electron chi connectivity index (χ4n) is 3.22. The van der Waals surface area contributed by atoms with Crippen molar-refractivity contribution in [2.75, 3.05) is 32.7 Å². The molecule has 0 aromatic heterocycles. The van der Waals surface area contributed by atoms with Crippen LogP contribution >= 0.6 is 12.4 Å². The average molecular weight is 290 g/mol. The van der Waals surface area contributed by atoms with Gasteiger partial charge in [0.1, 0.15) is 0 Å². The van der Waals surface area contributed by atoms with Gasteiger partial charge in [-0.05, 0) is 38.1 Å². The number of hydrogen-bond donors (Lipinski definition) is 1. The molecule has 5 heteroatoms. The van der Waals surface area contributed by atoms with Crippen LogP contribution < -0.4 is 5.73 Å². The van der Waals surface area contributed by atoms with Gasteiger partial charge in [0.2, 0.25) is 5.91 Å². The highest BCUT2D eigenvalue weighted by Gasteiger charge is 2.26. The van der Waals surface area contributed by atoms with E-state index in [0.717, 1.165) is 32.5 Å². The van der Waals surface area contributed by atoms with Crippen molar-refractivity contribution in [3.8, 4) is 0 Å². The van der Waals surface area contributed by atoms with E-state index in [-0.39, 0.29) is 12.4 Å². The van der Waals surface area contributed by atoms with Crippen molar-refractivity contribution in [1.29, 1.82) is 0 Å². The molecule has 2 atom stereocenters. The van der Waals surface area contributed by atoms with E-state index >= 15 is 0 Å². The van der Waals surface area contributed by atoms with Crippen LogP contribution in [0.5, 0.6) is 0 Å². The molecule has 0 spiro atoms. The average Bonchev–Trinajstić information content (AvgIpc) is 2.39. The first-order valence-electron chi connectivity index (χ1n) is 7.42. The Bertz CT molecular complexity index is 288. The van der Waals surface area contributed by atoms with Gasteiger partial charge in [0.25, 0.3) is 0 Å². The number of nitrogens with two attached hydrogens (primary N) is 1. The van der Waals surface area contributed by atoms with Crippen molar-refractivity contribution >= 4 is 18.3 Å². The summed E-state index contributed by atoms with van der Waals surface area (Å²) in [6, 6.07) is 0.421. The number of carbonyl (C=O) groups excluding carboxylic acids is 1. The molecule has 2 fully saturated rings. The van der Waals surface area contributed by atoms with Crippen LogP contribution in [-0.4, -0.2) is 54.5 Å². The van der Waals surface area contributed by atoms with Crippen LogP contribution in [0, 0.1) is 5.92 Å². The third-order valence-corrected chi connectivity index (χ3v) is 4.37. The Kier molecular flexibility index (Phi) is 7.11. The molecular weight excluding hydrogens is 262 g/mol. The number of hydrogen-bond acceptors (Lipinski definition) is 3. The van der Waals surface area contributed by atoms with Crippen molar-refractivity contribution in [3.63, 3.8) is 0 Å². The predicted octanol–water partition coefficient (Wildman–Crippen LogP) is 1.48. The number of piperidine rings is 2. The summed E-state index contributed by atoms with van der Waals surface area (Å²) in [4.78, 5) is 16.7. The molecule has 4 nitrogen and oxygen atoms in total. The van der Waals surface area contributed by atoms with E-state index in [1.54, 1.807) is 0 Å². The van der Waals surface area contributed by atoms with E-state index < -0.39 is 0 Å². The van der Waals surface area contributed by atoms with E-state index in [9.17, 15) is 4.79 Å². The minimum absolute atomic E-state index is 0. The zero-order chi connectivity index (χ0) is 13.0. The van der Waals surface area contributed by atoms with E-state index in [0.29, 0.717) is 31.0 Å². The summed E-state index contributed by atoms with van der Waals surface area (Å²) in [5.74, 6) is 0.969. The van der Waals surface area contributed by atoms with Gasteiger partial charge in [-0.1, -0.05) is 13.3 Å². The lowest BCUT2D eigenvalue weighted by Crippen LogP contribution is -2.50. The Hall–Kier alpha value is -0.320. The van der Waals surface area contributed by atoms with Gasteiger partial charge in [-0.25, -0.2) is 0 Å². The maximum Gasteiger partial charge on any atom is 0.236 e. The van der Waals surface area contributed by atoms with Gasteiger partial charge in [0.05, 0.1) is 6.54 Å². The molecule has 2 rings (SSSR count). The summed E-state index contributed by atoms with van der Waals surface area (Å²) in [5.41, 5.74) is 5.80. The molecule has 0 bridgehead atoms. The van der Waals surface area contributed by atoms with E-state index in [1.165, 1.54) is 19.3 Å². The molecule has 2 N–H and O–H groups in total. The van der Waals surface area contributed by atoms with Crippen molar-refractivity contribution in [2.45, 2.75) is 45.1 Å². The van der Waals surface area contributed by atoms with Gasteiger partial charge in [0, 0.05) is 25.7 Å². The molecule has 0 aliphatic carbocycles. The van der Waals surface area contributed by atoms with Crippen LogP contribution in [0.1, 0.15) is 39.0 Å². The lowest BCUT2D eigenvalue weighted by molar-refractivity contribution is -0.135. The van der Waals surface area contributed by atoms with Gasteiger partial charge >= 0.3 is 0 Å². The molecule has 0 aromatic carbocycles. The van der Waals surface area contributed by atoms with Gasteiger partial charge in [-0.2, -0.15) is 0 Å². The summed E-state index contributed by atoms with van der Waals surface area (Å²) >= 11 is 0.